The van der Waals surface area contributed by atoms with Crippen LogP contribution in [0.1, 0.15) is 42.9 Å². The number of rotatable bonds is 7. The average Bonchev–Trinajstić information content (AvgIpc) is 3.43. The van der Waals surface area contributed by atoms with Crippen LogP contribution in [0.25, 0.3) is 0 Å². The summed E-state index contributed by atoms with van der Waals surface area (Å²) in [7, 11) is 0. The molecule has 2 aromatic carbocycles. The van der Waals surface area contributed by atoms with E-state index in [9.17, 15) is 4.79 Å². The Hall–Kier alpha value is -3.19. The molecule has 7 heteroatoms. The number of aromatic amines is 1. The van der Waals surface area contributed by atoms with Gasteiger partial charge in [-0.3, -0.25) is 14.8 Å². The van der Waals surface area contributed by atoms with E-state index in [0.717, 1.165) is 50.1 Å². The van der Waals surface area contributed by atoms with Crippen LogP contribution in [0.3, 0.4) is 0 Å². The first kappa shape index (κ1) is 21.6. The van der Waals surface area contributed by atoms with Crippen molar-refractivity contribution in [3.8, 4) is 5.75 Å². The number of benzene rings is 2. The predicted molar refractivity (Wildman–Crippen MR) is 126 cm³/mol. The van der Waals surface area contributed by atoms with E-state index in [-0.39, 0.29) is 29.8 Å². The summed E-state index contributed by atoms with van der Waals surface area (Å²) in [6, 6.07) is 20.0. The number of H-pyrrole nitrogens is 1. The molecule has 1 unspecified atom stereocenters. The Labute approximate surface area is 194 Å². The van der Waals surface area contributed by atoms with Gasteiger partial charge in [0.05, 0.1) is 0 Å². The lowest BCUT2D eigenvalue weighted by Gasteiger charge is -2.50. The average molecular weight is 446 g/mol. The van der Waals surface area contributed by atoms with Crippen LogP contribution in [0, 0.1) is 5.41 Å². The summed E-state index contributed by atoms with van der Waals surface area (Å²) in [5, 5.41) is 7.67. The van der Waals surface area contributed by atoms with Crippen LogP contribution in [0.4, 0.5) is 0 Å². The number of amides is 1. The third kappa shape index (κ3) is 4.50. The largest absolute Gasteiger partial charge is 0.484 e. The molecule has 0 bridgehead atoms. The summed E-state index contributed by atoms with van der Waals surface area (Å²) in [5.41, 5.74) is 1.29. The highest BCUT2D eigenvalue weighted by atomic mass is 16.5. The second kappa shape index (κ2) is 8.98. The zero-order valence-corrected chi connectivity index (χ0v) is 19.3. The molecule has 0 saturated carbocycles. The van der Waals surface area contributed by atoms with E-state index in [1.165, 1.54) is 5.56 Å². The van der Waals surface area contributed by atoms with Gasteiger partial charge in [-0.05, 0) is 17.7 Å². The summed E-state index contributed by atoms with van der Waals surface area (Å²) in [6.45, 7) is 8.46. The molecule has 1 N–H and O–H groups in total. The van der Waals surface area contributed by atoms with Crippen LogP contribution in [-0.2, 0) is 11.3 Å². The molecule has 3 heterocycles. The molecular weight excluding hydrogens is 414 g/mol. The summed E-state index contributed by atoms with van der Waals surface area (Å²) < 4.78 is 5.69. The van der Waals surface area contributed by atoms with E-state index in [1.54, 1.807) is 0 Å². The second-order valence-electron chi connectivity index (χ2n) is 9.66. The summed E-state index contributed by atoms with van der Waals surface area (Å²) in [5.74, 6) is 3.05. The molecule has 7 nitrogen and oxygen atoms in total. The Morgan fingerprint density at radius 3 is 2.45 bits per heavy atom. The molecule has 0 radical (unpaired) electrons. The summed E-state index contributed by atoms with van der Waals surface area (Å²) in [4.78, 5) is 22.0. The van der Waals surface area contributed by atoms with E-state index < -0.39 is 0 Å². The smallest absolute Gasteiger partial charge is 0.260 e. The first-order chi connectivity index (χ1) is 16.0. The maximum Gasteiger partial charge on any atom is 0.260 e. The lowest BCUT2D eigenvalue weighted by atomic mass is 9.71. The number of ether oxygens (including phenoxy) is 1. The Bertz CT molecular complexity index is 1080. The van der Waals surface area contributed by atoms with Gasteiger partial charge in [-0.1, -0.05) is 62.4 Å². The van der Waals surface area contributed by atoms with Crippen LogP contribution >= 0.6 is 0 Å². The zero-order chi connectivity index (χ0) is 22.8. The van der Waals surface area contributed by atoms with Crippen molar-refractivity contribution in [2.45, 2.75) is 32.2 Å². The molecule has 0 aliphatic carbocycles. The molecule has 1 amide bonds. The van der Waals surface area contributed by atoms with E-state index in [1.807, 2.05) is 41.3 Å². The number of carbonyl (C=O) groups excluding carboxylic acids is 1. The van der Waals surface area contributed by atoms with Gasteiger partial charge in [0.2, 0.25) is 0 Å². The number of para-hydroxylation sites is 1. The first-order valence-corrected chi connectivity index (χ1v) is 11.7. The fraction of sp³-hybridized carbons (Fsp3) is 0.423. The van der Waals surface area contributed by atoms with E-state index in [0.29, 0.717) is 0 Å². The molecular formula is C26H31N5O2. The molecule has 1 aromatic heterocycles. The molecule has 172 valence electrons. The fourth-order valence-electron chi connectivity index (χ4n) is 5.08. The van der Waals surface area contributed by atoms with Gasteiger partial charge in [0.15, 0.2) is 12.4 Å². The van der Waals surface area contributed by atoms with Crippen molar-refractivity contribution in [2.75, 3.05) is 32.8 Å². The minimum absolute atomic E-state index is 0.00896. The Morgan fingerprint density at radius 1 is 1.09 bits per heavy atom. The van der Waals surface area contributed by atoms with Gasteiger partial charge >= 0.3 is 0 Å². The van der Waals surface area contributed by atoms with Crippen molar-refractivity contribution in [3.05, 3.63) is 77.9 Å². The number of nitrogens with one attached hydrogen (secondary N) is 1. The number of hydrogen-bond acceptors (Lipinski definition) is 5. The van der Waals surface area contributed by atoms with Crippen LogP contribution in [-0.4, -0.2) is 63.7 Å². The van der Waals surface area contributed by atoms with Crippen molar-refractivity contribution >= 4 is 5.91 Å². The van der Waals surface area contributed by atoms with Crippen LogP contribution in [0.2, 0.25) is 0 Å². The van der Waals surface area contributed by atoms with Gasteiger partial charge in [-0.2, -0.15) is 5.10 Å². The number of carbonyl (C=O) groups is 1. The molecule has 1 atom stereocenters. The van der Waals surface area contributed by atoms with E-state index in [2.05, 4.69) is 53.2 Å². The molecule has 1 spiro atoms. The van der Waals surface area contributed by atoms with E-state index >= 15 is 0 Å². The van der Waals surface area contributed by atoms with Crippen molar-refractivity contribution < 1.29 is 9.53 Å². The minimum atomic E-state index is -0.00896. The first-order valence-electron chi connectivity index (χ1n) is 11.7. The fourth-order valence-corrected chi connectivity index (χ4v) is 5.08. The topological polar surface area (TPSA) is 74.4 Å². The predicted octanol–water partition coefficient (Wildman–Crippen LogP) is 3.44. The number of aromatic nitrogens is 3. The van der Waals surface area contributed by atoms with Crippen LogP contribution < -0.4 is 4.74 Å². The van der Waals surface area contributed by atoms with Crippen LogP contribution in [0.15, 0.2) is 60.7 Å². The lowest BCUT2D eigenvalue weighted by Crippen LogP contribution is -2.62. The van der Waals surface area contributed by atoms with Crippen molar-refractivity contribution in [1.82, 2.24) is 25.0 Å². The quantitative estimate of drug-likeness (QED) is 0.603. The Morgan fingerprint density at radius 2 is 1.79 bits per heavy atom. The SMILES string of the molecule is CC(C)c1n[nH]c(C2CN(Cc3ccccc3)CC23CN(C(=O)COc2ccccc2)C3)n1. The third-order valence-corrected chi connectivity index (χ3v) is 6.80. The summed E-state index contributed by atoms with van der Waals surface area (Å²) in [6.07, 6.45) is 0. The maximum atomic E-state index is 12.8. The molecule has 5 rings (SSSR count). The normalized spacial score (nSPS) is 19.7. The standard InChI is InChI=1S/C26H31N5O2/c1-19(2)24-27-25(29-28-24)22-14-30(13-20-9-5-3-6-10-20)16-26(22)17-31(18-26)23(32)15-33-21-11-7-4-8-12-21/h3-12,19,22H,13-18H2,1-2H3,(H,27,28,29). The third-order valence-electron chi connectivity index (χ3n) is 6.80. The van der Waals surface area contributed by atoms with E-state index in [4.69, 9.17) is 9.72 Å². The lowest BCUT2D eigenvalue weighted by molar-refractivity contribution is -0.145. The molecule has 2 fully saturated rings. The Kier molecular flexibility index (Phi) is 5.89. The Balaban J connectivity index is 1.28. The molecule has 2 aliphatic rings. The highest BCUT2D eigenvalue weighted by molar-refractivity contribution is 5.79. The number of hydrogen-bond donors (Lipinski definition) is 1. The molecule has 3 aromatic rings. The number of nitrogens with zero attached hydrogens (tertiary/aromatic N) is 4. The number of likely N-dealkylation sites (tertiary alicyclic amines) is 2. The van der Waals surface area contributed by atoms with Crippen molar-refractivity contribution in [2.24, 2.45) is 5.41 Å². The maximum absolute atomic E-state index is 12.8. The molecule has 33 heavy (non-hydrogen) atoms. The monoisotopic (exact) mass is 445 g/mol. The highest BCUT2D eigenvalue weighted by Gasteiger charge is 2.56. The van der Waals surface area contributed by atoms with Gasteiger partial charge in [0.25, 0.3) is 5.91 Å². The van der Waals surface area contributed by atoms with Crippen molar-refractivity contribution in [1.29, 1.82) is 0 Å². The zero-order valence-electron chi connectivity index (χ0n) is 19.3. The van der Waals surface area contributed by atoms with Gasteiger partial charge < -0.3 is 9.64 Å². The highest BCUT2D eigenvalue weighted by Crippen LogP contribution is 2.48. The van der Waals surface area contributed by atoms with Gasteiger partial charge in [0, 0.05) is 50.0 Å². The minimum Gasteiger partial charge on any atom is -0.484 e. The second-order valence-corrected chi connectivity index (χ2v) is 9.66. The van der Waals surface area contributed by atoms with Gasteiger partial charge in [-0.15, -0.1) is 0 Å². The van der Waals surface area contributed by atoms with Gasteiger partial charge in [-0.25, -0.2) is 4.98 Å². The summed E-state index contributed by atoms with van der Waals surface area (Å²) >= 11 is 0. The molecule has 2 saturated heterocycles. The van der Waals surface area contributed by atoms with Crippen molar-refractivity contribution in [3.63, 3.8) is 0 Å². The molecule has 2 aliphatic heterocycles. The van der Waals surface area contributed by atoms with Crippen LogP contribution in [0.5, 0.6) is 5.75 Å². The van der Waals surface area contributed by atoms with Gasteiger partial charge in [0.1, 0.15) is 11.6 Å².